The average Bonchev–Trinajstić information content (AvgIpc) is 2.41. The van der Waals surface area contributed by atoms with Crippen LogP contribution in [0, 0.1) is 0 Å². The maximum Gasteiger partial charge on any atom is 0.161 e. The Kier molecular flexibility index (Phi) is 7.87. The van der Waals surface area contributed by atoms with Crippen LogP contribution in [0.2, 0.25) is 0 Å². The van der Waals surface area contributed by atoms with E-state index in [1.54, 1.807) is 6.07 Å². The lowest BCUT2D eigenvalue weighted by atomic mass is 10.1. The Morgan fingerprint density at radius 1 is 0.842 bits per heavy atom. The van der Waals surface area contributed by atoms with Gasteiger partial charge in [0.2, 0.25) is 0 Å². The summed E-state index contributed by atoms with van der Waals surface area (Å²) in [5.41, 5.74) is 0. The van der Waals surface area contributed by atoms with Crippen molar-refractivity contribution in [2.45, 2.75) is 58.3 Å². The van der Waals surface area contributed by atoms with Gasteiger partial charge in [-0.3, -0.25) is 0 Å². The molecule has 0 atom stereocenters. The first-order valence-corrected chi connectivity index (χ1v) is 7.39. The van der Waals surface area contributed by atoms with Crippen LogP contribution < -0.4 is 4.74 Å². The molecule has 1 aromatic rings. The van der Waals surface area contributed by atoms with Crippen molar-refractivity contribution in [1.82, 2.24) is 0 Å². The summed E-state index contributed by atoms with van der Waals surface area (Å²) >= 11 is 0. The lowest BCUT2D eigenvalue weighted by Crippen LogP contribution is -1.97. The van der Waals surface area contributed by atoms with Gasteiger partial charge in [0.15, 0.2) is 11.5 Å². The molecule has 19 heavy (non-hydrogen) atoms. The Labute approximate surface area is 116 Å². The monoisotopic (exact) mass is 266 g/mol. The maximum atomic E-state index is 9.31. The first kappa shape index (κ1) is 15.7. The fraction of sp³-hybridized carbons (Fsp3) is 0.625. The van der Waals surface area contributed by atoms with Gasteiger partial charge in [-0.1, -0.05) is 51.9 Å². The molecule has 0 aromatic heterocycles. The van der Waals surface area contributed by atoms with Crippen LogP contribution in [0.4, 0.5) is 0 Å². The number of phenols is 2. The summed E-state index contributed by atoms with van der Waals surface area (Å²) in [6.07, 6.45) is 10.2. The number of rotatable bonds is 10. The zero-order valence-electron chi connectivity index (χ0n) is 11.9. The molecule has 2 N–H and O–H groups in total. The highest BCUT2D eigenvalue weighted by Crippen LogP contribution is 2.28. The van der Waals surface area contributed by atoms with Crippen LogP contribution in [0.1, 0.15) is 58.3 Å². The summed E-state index contributed by atoms with van der Waals surface area (Å²) in [4.78, 5) is 0. The van der Waals surface area contributed by atoms with Crippen LogP contribution in [-0.2, 0) is 0 Å². The van der Waals surface area contributed by atoms with Crippen LogP contribution in [-0.4, -0.2) is 16.8 Å². The minimum atomic E-state index is -0.131. The minimum absolute atomic E-state index is 0.112. The maximum absolute atomic E-state index is 9.31. The number of unbranched alkanes of at least 4 members (excludes halogenated alkanes) is 7. The summed E-state index contributed by atoms with van der Waals surface area (Å²) in [6, 6.07) is 4.55. The van der Waals surface area contributed by atoms with Crippen molar-refractivity contribution in [1.29, 1.82) is 0 Å². The summed E-state index contributed by atoms with van der Waals surface area (Å²) < 4.78 is 5.52. The smallest absolute Gasteiger partial charge is 0.161 e. The second-order valence-electron chi connectivity index (χ2n) is 4.97. The van der Waals surface area contributed by atoms with Gasteiger partial charge >= 0.3 is 0 Å². The van der Waals surface area contributed by atoms with Crippen LogP contribution in [0.3, 0.4) is 0 Å². The van der Waals surface area contributed by atoms with E-state index in [4.69, 9.17) is 9.84 Å². The van der Waals surface area contributed by atoms with Gasteiger partial charge in [-0.15, -0.1) is 0 Å². The first-order valence-electron chi connectivity index (χ1n) is 7.39. The molecule has 0 radical (unpaired) electrons. The van der Waals surface area contributed by atoms with Gasteiger partial charge in [-0.05, 0) is 18.6 Å². The molecule has 0 unspecified atom stereocenters. The minimum Gasteiger partial charge on any atom is -0.504 e. The number of hydrogen-bond donors (Lipinski definition) is 2. The van der Waals surface area contributed by atoms with E-state index in [9.17, 15) is 5.11 Å². The Hall–Kier alpha value is -1.38. The standard InChI is InChI=1S/C16H26O3/c1-2-3-4-5-6-7-8-9-12-19-14-10-11-15(17)16(18)13-14/h10-11,13,17-18H,2-9,12H2,1H3. The Morgan fingerprint density at radius 3 is 2.11 bits per heavy atom. The largest absolute Gasteiger partial charge is 0.504 e. The zero-order chi connectivity index (χ0) is 13.9. The molecule has 0 bridgehead atoms. The van der Waals surface area contributed by atoms with Gasteiger partial charge < -0.3 is 14.9 Å². The van der Waals surface area contributed by atoms with Crippen LogP contribution in [0.15, 0.2) is 18.2 Å². The third kappa shape index (κ3) is 6.94. The molecule has 0 aliphatic carbocycles. The summed E-state index contributed by atoms with van der Waals surface area (Å²) in [6.45, 7) is 2.90. The summed E-state index contributed by atoms with van der Waals surface area (Å²) in [5, 5.41) is 18.5. The second-order valence-corrected chi connectivity index (χ2v) is 4.97. The normalized spacial score (nSPS) is 10.6. The summed E-state index contributed by atoms with van der Waals surface area (Å²) in [5.74, 6) is 0.367. The molecule has 0 aliphatic rings. The van der Waals surface area contributed by atoms with Crippen molar-refractivity contribution in [2.75, 3.05) is 6.61 Å². The topological polar surface area (TPSA) is 49.7 Å². The Bertz CT molecular complexity index is 350. The number of hydrogen-bond acceptors (Lipinski definition) is 3. The van der Waals surface area contributed by atoms with E-state index in [1.165, 1.54) is 57.1 Å². The van der Waals surface area contributed by atoms with Gasteiger partial charge in [-0.2, -0.15) is 0 Å². The molecule has 0 amide bonds. The summed E-state index contributed by atoms with van der Waals surface area (Å²) in [7, 11) is 0. The first-order chi connectivity index (χ1) is 9.24. The van der Waals surface area contributed by atoms with Crippen LogP contribution >= 0.6 is 0 Å². The van der Waals surface area contributed by atoms with Crippen LogP contribution in [0.5, 0.6) is 17.2 Å². The number of ether oxygens (including phenoxy) is 1. The number of phenolic OH excluding ortho intramolecular Hbond substituents is 2. The Balaban J connectivity index is 2.00. The number of benzene rings is 1. The van der Waals surface area contributed by atoms with Crippen molar-refractivity contribution in [3.05, 3.63) is 18.2 Å². The van der Waals surface area contributed by atoms with E-state index in [-0.39, 0.29) is 11.5 Å². The third-order valence-electron chi connectivity index (χ3n) is 3.21. The van der Waals surface area contributed by atoms with Gasteiger partial charge in [0.1, 0.15) is 5.75 Å². The Morgan fingerprint density at radius 2 is 1.47 bits per heavy atom. The molecule has 3 heteroatoms. The fourth-order valence-corrected chi connectivity index (χ4v) is 2.02. The molecule has 0 fully saturated rings. The molecule has 0 spiro atoms. The van der Waals surface area contributed by atoms with Crippen molar-refractivity contribution in [3.8, 4) is 17.2 Å². The van der Waals surface area contributed by atoms with Crippen LogP contribution in [0.25, 0.3) is 0 Å². The predicted octanol–water partition coefficient (Wildman–Crippen LogP) is 4.62. The van der Waals surface area contributed by atoms with E-state index in [2.05, 4.69) is 6.92 Å². The van der Waals surface area contributed by atoms with Gasteiger partial charge in [0.25, 0.3) is 0 Å². The molecule has 0 saturated carbocycles. The zero-order valence-corrected chi connectivity index (χ0v) is 11.9. The quantitative estimate of drug-likeness (QED) is 0.480. The van der Waals surface area contributed by atoms with E-state index >= 15 is 0 Å². The molecule has 1 rings (SSSR count). The third-order valence-corrected chi connectivity index (χ3v) is 3.21. The van der Waals surface area contributed by atoms with Crippen molar-refractivity contribution >= 4 is 0 Å². The van der Waals surface area contributed by atoms with E-state index in [1.807, 2.05) is 0 Å². The molecule has 108 valence electrons. The van der Waals surface area contributed by atoms with Crippen molar-refractivity contribution in [3.63, 3.8) is 0 Å². The molecule has 0 heterocycles. The molecular weight excluding hydrogens is 240 g/mol. The van der Waals surface area contributed by atoms with E-state index < -0.39 is 0 Å². The highest BCUT2D eigenvalue weighted by molar-refractivity contribution is 5.43. The van der Waals surface area contributed by atoms with Crippen molar-refractivity contribution < 1.29 is 14.9 Å². The SMILES string of the molecule is CCCCCCCCCCOc1ccc(O)c(O)c1. The fourth-order valence-electron chi connectivity index (χ4n) is 2.02. The van der Waals surface area contributed by atoms with E-state index in [0.717, 1.165) is 6.42 Å². The highest BCUT2D eigenvalue weighted by Gasteiger charge is 2.01. The van der Waals surface area contributed by atoms with E-state index in [0.29, 0.717) is 12.4 Å². The molecule has 0 aliphatic heterocycles. The molecule has 0 saturated heterocycles. The lowest BCUT2D eigenvalue weighted by molar-refractivity contribution is 0.301. The molecule has 3 nitrogen and oxygen atoms in total. The van der Waals surface area contributed by atoms with Gasteiger partial charge in [0, 0.05) is 6.07 Å². The molecule has 1 aromatic carbocycles. The lowest BCUT2D eigenvalue weighted by Gasteiger charge is -2.07. The molecular formula is C16H26O3. The average molecular weight is 266 g/mol. The van der Waals surface area contributed by atoms with Gasteiger partial charge in [-0.25, -0.2) is 0 Å². The van der Waals surface area contributed by atoms with Gasteiger partial charge in [0.05, 0.1) is 6.61 Å². The highest BCUT2D eigenvalue weighted by atomic mass is 16.5. The second kappa shape index (κ2) is 9.54. The number of aromatic hydroxyl groups is 2. The predicted molar refractivity (Wildman–Crippen MR) is 77.9 cm³/mol. The van der Waals surface area contributed by atoms with Crippen molar-refractivity contribution in [2.24, 2.45) is 0 Å².